The molecule has 1 fully saturated rings. The Kier molecular flexibility index (Phi) is 11.6. The van der Waals surface area contributed by atoms with Crippen molar-refractivity contribution >= 4 is 6.41 Å². The highest BCUT2D eigenvalue weighted by atomic mass is 16.1. The van der Waals surface area contributed by atoms with Crippen LogP contribution in [0.3, 0.4) is 0 Å². The average molecular weight is 207 g/mol. The maximum Gasteiger partial charge on any atom is 0.204 e. The van der Waals surface area contributed by atoms with Gasteiger partial charge in [-0.2, -0.15) is 0 Å². The molecule has 0 spiro atoms. The van der Waals surface area contributed by atoms with Gasteiger partial charge in [0.25, 0.3) is 0 Å². The number of amides is 1. The molecular weight excluding hydrogens is 186 g/mol. The van der Waals surface area contributed by atoms with Crippen LogP contribution in [0.25, 0.3) is 0 Å². The Bertz CT molecular complexity index is 169. The van der Waals surface area contributed by atoms with Gasteiger partial charge in [-0.3, -0.25) is 4.79 Å². The van der Waals surface area contributed by atoms with E-state index in [9.17, 15) is 0 Å². The van der Waals surface area contributed by atoms with E-state index >= 15 is 0 Å². The summed E-state index contributed by atoms with van der Waals surface area (Å²) in [5, 5.41) is 0. The van der Waals surface area contributed by atoms with E-state index in [1.54, 1.807) is 0 Å². The molecule has 0 bridgehead atoms. The van der Waals surface area contributed by atoms with E-state index < -0.39 is 0 Å². The third-order valence-corrected chi connectivity index (χ3v) is 2.17. The maximum atomic E-state index is 8.58. The number of nitrogens with two attached hydrogens (primary N) is 1. The van der Waals surface area contributed by atoms with Crippen LogP contribution in [0, 0.1) is 0 Å². The van der Waals surface area contributed by atoms with Crippen LogP contribution in [0.1, 0.15) is 38.5 Å². The predicted molar refractivity (Wildman–Crippen MR) is 64.4 cm³/mol. The van der Waals surface area contributed by atoms with Crippen LogP contribution in [0.4, 0.5) is 0 Å². The number of benzene rings is 1. The third kappa shape index (κ3) is 12.7. The maximum absolute atomic E-state index is 8.58. The monoisotopic (exact) mass is 207 g/mol. The number of hydrogen-bond donors (Lipinski definition) is 1. The van der Waals surface area contributed by atoms with Gasteiger partial charge in [0.05, 0.1) is 0 Å². The van der Waals surface area contributed by atoms with Crippen LogP contribution in [-0.2, 0) is 4.79 Å². The number of hydrogen-bond acceptors (Lipinski definition) is 1. The van der Waals surface area contributed by atoms with Gasteiger partial charge in [-0.05, 0) is 0 Å². The molecule has 84 valence electrons. The normalized spacial score (nSPS) is 13.6. The molecule has 0 atom stereocenters. The molecule has 0 aromatic heterocycles. The predicted octanol–water partition coefficient (Wildman–Crippen LogP) is 3.13. The van der Waals surface area contributed by atoms with Gasteiger partial charge in [0.15, 0.2) is 0 Å². The minimum Gasteiger partial charge on any atom is -0.372 e. The van der Waals surface area contributed by atoms with E-state index in [2.05, 4.69) is 5.73 Å². The van der Waals surface area contributed by atoms with E-state index in [4.69, 9.17) is 4.79 Å². The number of primary amides is 1. The fourth-order valence-corrected chi connectivity index (χ4v) is 1.45. The summed E-state index contributed by atoms with van der Waals surface area (Å²) in [6.07, 6.45) is 9.25. The molecule has 0 radical (unpaired) electrons. The zero-order valence-electron chi connectivity index (χ0n) is 9.27. The Morgan fingerprint density at radius 1 is 0.667 bits per heavy atom. The molecule has 2 nitrogen and oxygen atoms in total. The summed E-state index contributed by atoms with van der Waals surface area (Å²) in [5.41, 5.74) is 4.17. The Balaban J connectivity index is 0.000000210. The van der Waals surface area contributed by atoms with Gasteiger partial charge < -0.3 is 5.73 Å². The number of rotatable bonds is 0. The second kappa shape index (κ2) is 12.7. The van der Waals surface area contributed by atoms with Crippen LogP contribution in [-0.4, -0.2) is 6.41 Å². The van der Waals surface area contributed by atoms with Crippen LogP contribution in [0.5, 0.6) is 0 Å². The van der Waals surface area contributed by atoms with Crippen molar-refractivity contribution in [1.82, 2.24) is 0 Å². The minimum absolute atomic E-state index is 0.250. The summed E-state index contributed by atoms with van der Waals surface area (Å²) in [4.78, 5) is 8.58. The Labute approximate surface area is 92.5 Å². The molecule has 0 aliphatic heterocycles. The highest BCUT2D eigenvalue weighted by Crippen LogP contribution is 2.15. The fraction of sp³-hybridized carbons (Fsp3) is 0.462. The third-order valence-electron chi connectivity index (χ3n) is 2.17. The number of carbonyl (C=O) groups excluding carboxylic acids is 1. The van der Waals surface area contributed by atoms with E-state index in [-0.39, 0.29) is 6.41 Å². The molecular formula is C13H21NO. The molecule has 2 rings (SSSR count). The van der Waals surface area contributed by atoms with Crippen molar-refractivity contribution in [2.24, 2.45) is 5.73 Å². The zero-order chi connectivity index (χ0) is 11.2. The van der Waals surface area contributed by atoms with E-state index in [1.807, 2.05) is 36.4 Å². The average Bonchev–Trinajstić information content (AvgIpc) is 2.35. The first kappa shape index (κ1) is 13.7. The van der Waals surface area contributed by atoms with Gasteiger partial charge >= 0.3 is 0 Å². The first-order chi connectivity index (χ1) is 7.41. The second-order valence-corrected chi connectivity index (χ2v) is 3.41. The Hall–Kier alpha value is -1.31. The molecule has 15 heavy (non-hydrogen) atoms. The van der Waals surface area contributed by atoms with Crippen molar-refractivity contribution in [3.05, 3.63) is 36.4 Å². The van der Waals surface area contributed by atoms with Crippen molar-refractivity contribution in [3.63, 3.8) is 0 Å². The van der Waals surface area contributed by atoms with Crippen molar-refractivity contribution in [2.75, 3.05) is 0 Å². The molecule has 1 amide bonds. The lowest BCUT2D eigenvalue weighted by Gasteiger charge is -2.05. The van der Waals surface area contributed by atoms with Crippen molar-refractivity contribution in [2.45, 2.75) is 38.5 Å². The van der Waals surface area contributed by atoms with Crippen molar-refractivity contribution in [3.8, 4) is 0 Å². The molecule has 2 heteroatoms. The highest BCUT2D eigenvalue weighted by molar-refractivity contribution is 5.42. The molecule has 2 N–H and O–H groups in total. The molecule has 0 heterocycles. The molecule has 1 aromatic rings. The first-order valence-corrected chi connectivity index (χ1v) is 5.57. The summed E-state index contributed by atoms with van der Waals surface area (Å²) < 4.78 is 0. The Morgan fingerprint density at radius 2 is 0.800 bits per heavy atom. The summed E-state index contributed by atoms with van der Waals surface area (Å²) >= 11 is 0. The fourth-order valence-electron chi connectivity index (χ4n) is 1.45. The van der Waals surface area contributed by atoms with Gasteiger partial charge in [-0.1, -0.05) is 74.9 Å². The summed E-state index contributed by atoms with van der Waals surface area (Å²) in [7, 11) is 0. The van der Waals surface area contributed by atoms with Gasteiger partial charge in [0, 0.05) is 0 Å². The van der Waals surface area contributed by atoms with Gasteiger partial charge in [-0.15, -0.1) is 0 Å². The van der Waals surface area contributed by atoms with Crippen LogP contribution >= 0.6 is 0 Å². The molecule has 1 aliphatic rings. The van der Waals surface area contributed by atoms with Crippen LogP contribution < -0.4 is 5.73 Å². The summed E-state index contributed by atoms with van der Waals surface area (Å²) in [6, 6.07) is 12.0. The highest BCUT2D eigenvalue weighted by Gasteiger charge is 1.95. The quantitative estimate of drug-likeness (QED) is 0.652. The largest absolute Gasteiger partial charge is 0.372 e. The van der Waals surface area contributed by atoms with Crippen LogP contribution in [0.2, 0.25) is 0 Å². The van der Waals surface area contributed by atoms with Gasteiger partial charge in [-0.25, -0.2) is 0 Å². The van der Waals surface area contributed by atoms with Gasteiger partial charge in [0.1, 0.15) is 0 Å². The van der Waals surface area contributed by atoms with E-state index in [1.165, 1.54) is 38.5 Å². The molecule has 1 aromatic carbocycles. The van der Waals surface area contributed by atoms with E-state index in [0.717, 1.165) is 0 Å². The lowest BCUT2D eigenvalue weighted by atomic mass is 10.0. The number of carbonyl (C=O) groups is 1. The standard InChI is InChI=1S/C6H12.C6H6.CH3NO/c2*1-2-4-6-5-3-1;2-1-3/h1-6H2;1-6H;1H,(H2,2,3). The summed E-state index contributed by atoms with van der Waals surface area (Å²) in [5.74, 6) is 0. The second-order valence-electron chi connectivity index (χ2n) is 3.41. The van der Waals surface area contributed by atoms with Crippen molar-refractivity contribution in [1.29, 1.82) is 0 Å². The molecule has 1 saturated carbocycles. The minimum atomic E-state index is 0.250. The van der Waals surface area contributed by atoms with Crippen molar-refractivity contribution < 1.29 is 4.79 Å². The van der Waals surface area contributed by atoms with Crippen LogP contribution in [0.15, 0.2) is 36.4 Å². The summed E-state index contributed by atoms with van der Waals surface area (Å²) in [6.45, 7) is 0. The van der Waals surface area contributed by atoms with Gasteiger partial charge in [0.2, 0.25) is 6.41 Å². The van der Waals surface area contributed by atoms with E-state index in [0.29, 0.717) is 0 Å². The lowest BCUT2D eigenvalue weighted by molar-refractivity contribution is -0.106. The molecule has 0 saturated heterocycles. The first-order valence-electron chi connectivity index (χ1n) is 5.57. The lowest BCUT2D eigenvalue weighted by Crippen LogP contribution is -1.85. The molecule has 1 aliphatic carbocycles. The molecule has 0 unspecified atom stereocenters. The zero-order valence-corrected chi connectivity index (χ0v) is 9.27. The topological polar surface area (TPSA) is 43.1 Å². The smallest absolute Gasteiger partial charge is 0.204 e. The Morgan fingerprint density at radius 3 is 0.933 bits per heavy atom. The SMILES string of the molecule is C1CCCCC1.NC=O.c1ccccc1.